The molecule has 1 aliphatic heterocycles. The van der Waals surface area contributed by atoms with Crippen LogP contribution in [0.4, 0.5) is 5.69 Å². The molecule has 1 heterocycles. The molecule has 3 amide bonds. The molecule has 3 aliphatic carbocycles. The van der Waals surface area contributed by atoms with E-state index in [1.54, 1.807) is 0 Å². The van der Waals surface area contributed by atoms with Gasteiger partial charge in [0, 0.05) is 17.5 Å². The Balaban J connectivity index is 1.14. The quantitative estimate of drug-likeness (QED) is 0.406. The van der Waals surface area contributed by atoms with E-state index < -0.39 is 11.8 Å². The predicted molar refractivity (Wildman–Crippen MR) is 141 cm³/mol. The number of carbonyl (C=O) groups excluding carboxylic acids is 3. The number of hydrogen-bond acceptors (Lipinski definition) is 3. The molecule has 4 aromatic rings. The lowest BCUT2D eigenvalue weighted by molar-refractivity contribution is -0.142. The fraction of sp³-hybridized carbons (Fsp3) is 0.156. The van der Waals surface area contributed by atoms with E-state index in [1.807, 2.05) is 78.9 Å². The highest BCUT2D eigenvalue weighted by Crippen LogP contribution is 2.60. The fourth-order valence-electron chi connectivity index (χ4n) is 6.62. The number of likely N-dealkylation sites (tertiary alicyclic amines) is 1. The summed E-state index contributed by atoms with van der Waals surface area (Å²) in [7, 11) is 0. The van der Waals surface area contributed by atoms with Gasteiger partial charge in [-0.25, -0.2) is 0 Å². The highest BCUT2D eigenvalue weighted by Gasteiger charge is 2.61. The van der Waals surface area contributed by atoms with E-state index >= 15 is 0 Å². The molecule has 0 unspecified atom stereocenters. The molecule has 1 N–H and O–H groups in total. The molecule has 180 valence electrons. The number of carbonyl (C=O) groups is 3. The first-order chi connectivity index (χ1) is 18.1. The zero-order valence-corrected chi connectivity index (χ0v) is 20.0. The SMILES string of the molecule is O=C(CN1C(=O)[C@@H]2C3c4ccccc4C(c4ccccc43)[C@H]2C1=O)Nc1ccc(-c2ccccc2)cc1. The summed E-state index contributed by atoms with van der Waals surface area (Å²) in [5, 5.41) is 2.86. The molecule has 5 heteroatoms. The van der Waals surface area contributed by atoms with Crippen LogP contribution in [-0.2, 0) is 14.4 Å². The Morgan fingerprint density at radius 2 is 1.03 bits per heavy atom. The zero-order valence-electron chi connectivity index (χ0n) is 20.0. The molecule has 5 nitrogen and oxygen atoms in total. The lowest BCUT2D eigenvalue weighted by Crippen LogP contribution is -2.41. The zero-order chi connectivity index (χ0) is 25.1. The second-order valence-corrected chi connectivity index (χ2v) is 10.0. The monoisotopic (exact) mass is 484 g/mol. The number of benzene rings is 4. The van der Waals surface area contributed by atoms with Crippen LogP contribution >= 0.6 is 0 Å². The molecule has 2 atom stereocenters. The number of rotatable bonds is 4. The van der Waals surface area contributed by atoms with Crippen molar-refractivity contribution in [2.24, 2.45) is 11.8 Å². The van der Waals surface area contributed by atoms with Crippen LogP contribution in [-0.4, -0.2) is 29.2 Å². The second kappa shape index (κ2) is 8.27. The summed E-state index contributed by atoms with van der Waals surface area (Å²) < 4.78 is 0. The minimum Gasteiger partial charge on any atom is -0.325 e. The van der Waals surface area contributed by atoms with Gasteiger partial charge < -0.3 is 5.32 Å². The highest BCUT2D eigenvalue weighted by molar-refractivity contribution is 6.10. The summed E-state index contributed by atoms with van der Waals surface area (Å²) in [5.41, 5.74) is 7.25. The Labute approximate surface area is 214 Å². The van der Waals surface area contributed by atoms with Crippen molar-refractivity contribution < 1.29 is 14.4 Å². The van der Waals surface area contributed by atoms with Gasteiger partial charge >= 0.3 is 0 Å². The van der Waals surface area contributed by atoms with Crippen LogP contribution in [0.15, 0.2) is 103 Å². The molecule has 0 aromatic heterocycles. The molecule has 4 aromatic carbocycles. The largest absolute Gasteiger partial charge is 0.325 e. The molecule has 0 spiro atoms. The van der Waals surface area contributed by atoms with E-state index in [2.05, 4.69) is 29.6 Å². The van der Waals surface area contributed by atoms with Crippen molar-refractivity contribution in [3.8, 4) is 11.1 Å². The van der Waals surface area contributed by atoms with Gasteiger partial charge in [0.1, 0.15) is 6.54 Å². The van der Waals surface area contributed by atoms with Crippen molar-refractivity contribution in [1.82, 2.24) is 4.90 Å². The van der Waals surface area contributed by atoms with E-state index in [0.29, 0.717) is 5.69 Å². The second-order valence-electron chi connectivity index (χ2n) is 10.0. The van der Waals surface area contributed by atoms with Crippen LogP contribution in [0.3, 0.4) is 0 Å². The van der Waals surface area contributed by atoms with Crippen LogP contribution < -0.4 is 5.32 Å². The maximum absolute atomic E-state index is 13.7. The van der Waals surface area contributed by atoms with E-state index in [9.17, 15) is 14.4 Å². The molecule has 1 saturated heterocycles. The van der Waals surface area contributed by atoms with E-state index in [0.717, 1.165) is 33.4 Å². The Morgan fingerprint density at radius 1 is 0.595 bits per heavy atom. The van der Waals surface area contributed by atoms with Crippen LogP contribution in [0.25, 0.3) is 11.1 Å². The first-order valence-electron chi connectivity index (χ1n) is 12.6. The first-order valence-corrected chi connectivity index (χ1v) is 12.6. The number of hydrogen-bond donors (Lipinski definition) is 1. The number of imide groups is 1. The average molecular weight is 485 g/mol. The predicted octanol–water partition coefficient (Wildman–Crippen LogP) is 5.18. The van der Waals surface area contributed by atoms with Crippen molar-refractivity contribution in [3.05, 3.63) is 125 Å². The van der Waals surface area contributed by atoms with E-state index in [1.165, 1.54) is 4.90 Å². The third kappa shape index (κ3) is 3.27. The van der Waals surface area contributed by atoms with Gasteiger partial charge in [-0.15, -0.1) is 0 Å². The topological polar surface area (TPSA) is 66.5 Å². The summed E-state index contributed by atoms with van der Waals surface area (Å²) in [5.74, 6) is -2.15. The maximum Gasteiger partial charge on any atom is 0.244 e. The Bertz CT molecular complexity index is 1450. The molecule has 4 aliphatic rings. The van der Waals surface area contributed by atoms with Crippen molar-refractivity contribution in [2.45, 2.75) is 11.8 Å². The number of anilines is 1. The highest BCUT2D eigenvalue weighted by atomic mass is 16.2. The van der Waals surface area contributed by atoms with Crippen molar-refractivity contribution in [1.29, 1.82) is 0 Å². The third-order valence-corrected chi connectivity index (χ3v) is 8.12. The van der Waals surface area contributed by atoms with Gasteiger partial charge in [0.05, 0.1) is 11.8 Å². The summed E-state index contributed by atoms with van der Waals surface area (Å²) >= 11 is 0. The molecule has 1 fully saturated rings. The molecule has 0 saturated carbocycles. The van der Waals surface area contributed by atoms with Crippen LogP contribution in [0.1, 0.15) is 34.1 Å². The molecular weight excluding hydrogens is 460 g/mol. The normalized spacial score (nSPS) is 22.9. The lowest BCUT2D eigenvalue weighted by atomic mass is 9.55. The molecule has 0 radical (unpaired) electrons. The van der Waals surface area contributed by atoms with E-state index in [4.69, 9.17) is 0 Å². The number of amides is 3. The number of nitrogens with one attached hydrogen (secondary N) is 1. The van der Waals surface area contributed by atoms with Gasteiger partial charge in [0.15, 0.2) is 0 Å². The summed E-state index contributed by atoms with van der Waals surface area (Å²) in [6.07, 6.45) is 0. The molecule has 37 heavy (non-hydrogen) atoms. The van der Waals surface area contributed by atoms with E-state index in [-0.39, 0.29) is 36.1 Å². The summed E-state index contributed by atoms with van der Waals surface area (Å²) in [6.45, 7) is -0.281. The van der Waals surface area contributed by atoms with Gasteiger partial charge in [-0.3, -0.25) is 19.3 Å². The van der Waals surface area contributed by atoms with Crippen LogP contribution in [0.2, 0.25) is 0 Å². The Morgan fingerprint density at radius 3 is 1.51 bits per heavy atom. The summed E-state index contributed by atoms with van der Waals surface area (Å²) in [4.78, 5) is 41.5. The Kier molecular flexibility index (Phi) is 4.86. The maximum atomic E-state index is 13.7. The van der Waals surface area contributed by atoms with Crippen LogP contribution in [0, 0.1) is 11.8 Å². The van der Waals surface area contributed by atoms with Gasteiger partial charge in [0.25, 0.3) is 0 Å². The van der Waals surface area contributed by atoms with Crippen molar-refractivity contribution in [2.75, 3.05) is 11.9 Å². The van der Waals surface area contributed by atoms with Crippen molar-refractivity contribution in [3.63, 3.8) is 0 Å². The first kappa shape index (κ1) is 21.7. The van der Waals surface area contributed by atoms with Gasteiger partial charge in [-0.05, 0) is 45.5 Å². The number of nitrogens with zero attached hydrogens (tertiary/aromatic N) is 1. The minimum atomic E-state index is -0.472. The van der Waals surface area contributed by atoms with Crippen LogP contribution in [0.5, 0.6) is 0 Å². The molecular formula is C32H24N2O3. The van der Waals surface area contributed by atoms with Gasteiger partial charge in [0.2, 0.25) is 17.7 Å². The minimum absolute atomic E-state index is 0.169. The summed E-state index contributed by atoms with van der Waals surface area (Å²) in [6, 6.07) is 33.8. The standard InChI is InChI=1S/C32H24N2O3/c35-26(33-21-16-14-20(15-17-21)19-8-2-1-3-9-19)18-34-31(36)29-27-22-10-4-5-11-23(22)28(30(29)32(34)37)25-13-7-6-12-24(25)27/h1-17,27-30H,18H2,(H,33,35)/t27?,28?,29-,30-/m1/s1. The molecule has 8 rings (SSSR count). The van der Waals surface area contributed by atoms with Gasteiger partial charge in [-0.1, -0.05) is 91.0 Å². The fourth-order valence-corrected chi connectivity index (χ4v) is 6.62. The Hall–Kier alpha value is -4.51. The smallest absolute Gasteiger partial charge is 0.244 e. The molecule has 2 bridgehead atoms. The third-order valence-electron chi connectivity index (χ3n) is 8.12. The van der Waals surface area contributed by atoms with Gasteiger partial charge in [-0.2, -0.15) is 0 Å². The lowest BCUT2D eigenvalue weighted by Gasteiger charge is -2.45. The van der Waals surface area contributed by atoms with Crippen molar-refractivity contribution >= 4 is 23.4 Å². The average Bonchev–Trinajstić information content (AvgIpc) is 3.19.